The van der Waals surface area contributed by atoms with E-state index < -0.39 is 9.84 Å². The fourth-order valence-corrected chi connectivity index (χ4v) is 4.40. The Bertz CT molecular complexity index is 464. The van der Waals surface area contributed by atoms with Crippen molar-refractivity contribution in [3.63, 3.8) is 0 Å². The number of ether oxygens (including phenoxy) is 1. The minimum Gasteiger partial charge on any atom is -0.377 e. The van der Waals surface area contributed by atoms with Gasteiger partial charge in [0.2, 0.25) is 0 Å². The molecule has 0 bridgehead atoms. The zero-order chi connectivity index (χ0) is 13.7. The van der Waals surface area contributed by atoms with Crippen molar-refractivity contribution in [2.45, 2.75) is 31.9 Å². The molecule has 0 radical (unpaired) electrons. The largest absolute Gasteiger partial charge is 0.377 e. The van der Waals surface area contributed by atoms with Gasteiger partial charge in [0.15, 0.2) is 9.84 Å². The summed E-state index contributed by atoms with van der Waals surface area (Å²) in [5, 5.41) is 5.29. The summed E-state index contributed by atoms with van der Waals surface area (Å²) in [5.41, 5.74) is 0. The zero-order valence-corrected chi connectivity index (χ0v) is 12.8. The predicted octanol–water partition coefficient (Wildman–Crippen LogP) is 1.99. The third kappa shape index (κ3) is 4.87. The molecule has 108 valence electrons. The lowest BCUT2D eigenvalue weighted by atomic mass is 10.3. The van der Waals surface area contributed by atoms with E-state index in [0.717, 1.165) is 12.8 Å². The van der Waals surface area contributed by atoms with Gasteiger partial charge in [-0.25, -0.2) is 8.42 Å². The van der Waals surface area contributed by atoms with Crippen LogP contribution in [0.2, 0.25) is 0 Å². The van der Waals surface area contributed by atoms with E-state index in [4.69, 9.17) is 4.74 Å². The van der Waals surface area contributed by atoms with Crippen molar-refractivity contribution in [2.75, 3.05) is 24.7 Å². The summed E-state index contributed by atoms with van der Waals surface area (Å²) in [6.07, 6.45) is 1.77. The fraction of sp³-hybridized carbons (Fsp3) is 0.692. The van der Waals surface area contributed by atoms with Gasteiger partial charge in [0.05, 0.1) is 17.6 Å². The van der Waals surface area contributed by atoms with Crippen molar-refractivity contribution in [1.82, 2.24) is 5.32 Å². The molecule has 1 aliphatic rings. The van der Waals surface area contributed by atoms with Gasteiger partial charge in [0, 0.05) is 24.1 Å². The molecule has 0 amide bonds. The predicted molar refractivity (Wildman–Crippen MR) is 78.4 cm³/mol. The van der Waals surface area contributed by atoms with Gasteiger partial charge in [-0.2, -0.15) is 0 Å². The molecule has 0 saturated carbocycles. The Hall–Kier alpha value is -0.430. The van der Waals surface area contributed by atoms with Crippen LogP contribution in [-0.2, 0) is 14.6 Å². The lowest BCUT2D eigenvalue weighted by molar-refractivity contribution is 0.127. The average Bonchev–Trinajstić information content (AvgIpc) is 2.99. The topological polar surface area (TPSA) is 55.4 Å². The van der Waals surface area contributed by atoms with Gasteiger partial charge in [-0.05, 0) is 31.2 Å². The SMILES string of the molecule is CC(NCCS(=O)(=O)CC1CCCO1)c1cccs1. The summed E-state index contributed by atoms with van der Waals surface area (Å²) in [7, 11) is -3.01. The van der Waals surface area contributed by atoms with E-state index in [0.29, 0.717) is 13.2 Å². The van der Waals surface area contributed by atoms with E-state index in [1.54, 1.807) is 11.3 Å². The summed E-state index contributed by atoms with van der Waals surface area (Å²) in [4.78, 5) is 1.23. The van der Waals surface area contributed by atoms with Gasteiger partial charge in [-0.15, -0.1) is 11.3 Å². The van der Waals surface area contributed by atoms with Crippen molar-refractivity contribution < 1.29 is 13.2 Å². The van der Waals surface area contributed by atoms with Crippen LogP contribution in [0.3, 0.4) is 0 Å². The molecular formula is C13H21NO3S2. The van der Waals surface area contributed by atoms with Crippen LogP contribution in [0.4, 0.5) is 0 Å². The van der Waals surface area contributed by atoms with Crippen molar-refractivity contribution in [2.24, 2.45) is 0 Å². The summed E-state index contributed by atoms with van der Waals surface area (Å²) < 4.78 is 29.3. The molecule has 2 unspecified atom stereocenters. The molecule has 1 fully saturated rings. The smallest absolute Gasteiger partial charge is 0.154 e. The third-order valence-corrected chi connectivity index (χ3v) is 6.06. The minimum atomic E-state index is -3.01. The van der Waals surface area contributed by atoms with Crippen LogP contribution in [0.1, 0.15) is 30.7 Å². The van der Waals surface area contributed by atoms with Crippen molar-refractivity contribution in [1.29, 1.82) is 0 Å². The fourth-order valence-electron chi connectivity index (χ4n) is 2.21. The maximum atomic E-state index is 11.9. The summed E-state index contributed by atoms with van der Waals surface area (Å²) >= 11 is 1.68. The molecule has 1 aromatic rings. The van der Waals surface area contributed by atoms with E-state index in [1.807, 2.05) is 11.4 Å². The lowest BCUT2D eigenvalue weighted by Crippen LogP contribution is -2.29. The Labute approximate surface area is 119 Å². The summed E-state index contributed by atoms with van der Waals surface area (Å²) in [6.45, 7) is 3.25. The molecule has 6 heteroatoms. The first kappa shape index (κ1) is 15.0. The molecule has 1 N–H and O–H groups in total. The molecule has 0 aromatic carbocycles. The molecule has 1 aliphatic heterocycles. The van der Waals surface area contributed by atoms with E-state index in [9.17, 15) is 8.42 Å². The highest BCUT2D eigenvalue weighted by Gasteiger charge is 2.23. The summed E-state index contributed by atoms with van der Waals surface area (Å²) in [5.74, 6) is 0.352. The van der Waals surface area contributed by atoms with Gasteiger partial charge >= 0.3 is 0 Å². The molecule has 1 saturated heterocycles. The van der Waals surface area contributed by atoms with Gasteiger partial charge in [0.25, 0.3) is 0 Å². The van der Waals surface area contributed by atoms with Crippen LogP contribution in [0.25, 0.3) is 0 Å². The Kier molecular flexibility index (Phi) is 5.38. The lowest BCUT2D eigenvalue weighted by Gasteiger charge is -2.13. The standard InChI is InChI=1S/C13H21NO3S2/c1-11(13-5-3-8-18-13)14-6-9-19(15,16)10-12-4-2-7-17-12/h3,5,8,11-12,14H,2,4,6-7,9-10H2,1H3. The first-order chi connectivity index (χ1) is 9.07. The van der Waals surface area contributed by atoms with Gasteiger partial charge in [0.1, 0.15) is 0 Å². The van der Waals surface area contributed by atoms with E-state index in [2.05, 4.69) is 18.3 Å². The highest BCUT2D eigenvalue weighted by atomic mass is 32.2. The molecule has 2 rings (SSSR count). The van der Waals surface area contributed by atoms with Gasteiger partial charge < -0.3 is 10.1 Å². The third-order valence-electron chi connectivity index (χ3n) is 3.30. The Balaban J connectivity index is 1.72. The van der Waals surface area contributed by atoms with Crippen LogP contribution < -0.4 is 5.32 Å². The first-order valence-corrected chi connectivity index (χ1v) is 9.36. The Morgan fingerprint density at radius 2 is 2.42 bits per heavy atom. The molecule has 2 atom stereocenters. The van der Waals surface area contributed by atoms with Gasteiger partial charge in [-0.1, -0.05) is 6.07 Å². The average molecular weight is 303 g/mol. The Morgan fingerprint density at radius 1 is 1.58 bits per heavy atom. The van der Waals surface area contributed by atoms with Crippen LogP contribution in [-0.4, -0.2) is 39.2 Å². The minimum absolute atomic E-state index is 0.0836. The molecule has 2 heterocycles. The first-order valence-electron chi connectivity index (χ1n) is 6.65. The number of thiophene rings is 1. The van der Waals surface area contributed by atoms with Gasteiger partial charge in [-0.3, -0.25) is 0 Å². The molecule has 19 heavy (non-hydrogen) atoms. The number of hydrogen-bond acceptors (Lipinski definition) is 5. The van der Waals surface area contributed by atoms with E-state index in [-0.39, 0.29) is 23.7 Å². The van der Waals surface area contributed by atoms with E-state index in [1.165, 1.54) is 4.88 Å². The van der Waals surface area contributed by atoms with Crippen molar-refractivity contribution in [3.05, 3.63) is 22.4 Å². The maximum absolute atomic E-state index is 11.9. The quantitative estimate of drug-likeness (QED) is 0.837. The summed E-state index contributed by atoms with van der Waals surface area (Å²) in [6, 6.07) is 4.27. The second kappa shape index (κ2) is 6.83. The van der Waals surface area contributed by atoms with Crippen LogP contribution in [0, 0.1) is 0 Å². The molecule has 4 nitrogen and oxygen atoms in total. The normalized spacial score (nSPS) is 21.6. The molecular weight excluding hydrogens is 282 g/mol. The second-order valence-electron chi connectivity index (χ2n) is 4.94. The monoisotopic (exact) mass is 303 g/mol. The number of rotatable bonds is 7. The molecule has 0 spiro atoms. The number of hydrogen-bond donors (Lipinski definition) is 1. The maximum Gasteiger partial charge on any atom is 0.154 e. The van der Waals surface area contributed by atoms with E-state index >= 15 is 0 Å². The second-order valence-corrected chi connectivity index (χ2v) is 8.15. The van der Waals surface area contributed by atoms with Crippen LogP contribution in [0.15, 0.2) is 17.5 Å². The van der Waals surface area contributed by atoms with Crippen molar-refractivity contribution >= 4 is 21.2 Å². The molecule has 0 aliphatic carbocycles. The zero-order valence-electron chi connectivity index (χ0n) is 11.2. The number of sulfone groups is 1. The molecule has 1 aromatic heterocycles. The van der Waals surface area contributed by atoms with Crippen molar-refractivity contribution in [3.8, 4) is 0 Å². The highest BCUT2D eigenvalue weighted by molar-refractivity contribution is 7.91. The highest BCUT2D eigenvalue weighted by Crippen LogP contribution is 2.18. The van der Waals surface area contributed by atoms with Crippen LogP contribution in [0.5, 0.6) is 0 Å². The van der Waals surface area contributed by atoms with Crippen LogP contribution >= 0.6 is 11.3 Å². The number of nitrogens with one attached hydrogen (secondary N) is 1. The Morgan fingerprint density at radius 3 is 3.05 bits per heavy atom.